The van der Waals surface area contributed by atoms with Crippen molar-refractivity contribution >= 4 is 10.4 Å². The van der Waals surface area contributed by atoms with E-state index in [-0.39, 0.29) is 36.5 Å². The van der Waals surface area contributed by atoms with E-state index in [0.29, 0.717) is 32.1 Å². The van der Waals surface area contributed by atoms with Crippen LogP contribution in [0.25, 0.3) is 0 Å². The van der Waals surface area contributed by atoms with Crippen molar-refractivity contribution in [3.8, 4) is 0 Å². The molecule has 0 aliphatic heterocycles. The quantitative estimate of drug-likeness (QED) is 0.162. The molecular formula is C29H50O10S. The number of rotatable bonds is 8. The third-order valence-corrected chi connectivity index (χ3v) is 12.3. The zero-order valence-electron chi connectivity index (χ0n) is 24.3. The second kappa shape index (κ2) is 10.8. The van der Waals surface area contributed by atoms with Crippen LogP contribution in [-0.4, -0.2) is 85.8 Å². The third kappa shape index (κ3) is 5.11. The second-order valence-corrected chi connectivity index (χ2v) is 15.3. The minimum atomic E-state index is -4.75. The van der Waals surface area contributed by atoms with Gasteiger partial charge in [-0.1, -0.05) is 46.8 Å². The van der Waals surface area contributed by atoms with Gasteiger partial charge in [-0.25, -0.2) is 4.18 Å². The molecule has 7 N–H and O–H groups in total. The average molecular weight is 591 g/mol. The zero-order valence-corrected chi connectivity index (χ0v) is 25.2. The van der Waals surface area contributed by atoms with E-state index in [4.69, 9.17) is 8.74 Å². The van der Waals surface area contributed by atoms with E-state index in [2.05, 4.69) is 6.92 Å². The lowest BCUT2D eigenvalue weighted by molar-refractivity contribution is -0.315. The Kier molecular flexibility index (Phi) is 8.73. The maximum Gasteiger partial charge on any atom is 0.397 e. The van der Waals surface area contributed by atoms with Crippen LogP contribution < -0.4 is 0 Å². The first kappa shape index (κ1) is 32.3. The molecule has 13 unspecified atom stereocenters. The first-order chi connectivity index (χ1) is 18.3. The number of hydrogen-bond acceptors (Lipinski definition) is 9. The third-order valence-electron chi connectivity index (χ3n) is 11.8. The van der Waals surface area contributed by atoms with Gasteiger partial charge in [-0.3, -0.25) is 4.55 Å². The SMILES string of the molecule is CC(C)C(C=CC(C)C1CC(O)C2C1(C)CCC1C2(O)CC(O)C2(O)CC(O)CCC12C)C(CO)OS(=O)(=O)O. The van der Waals surface area contributed by atoms with Crippen molar-refractivity contribution in [3.05, 3.63) is 12.2 Å². The van der Waals surface area contributed by atoms with Gasteiger partial charge in [0, 0.05) is 30.1 Å². The van der Waals surface area contributed by atoms with E-state index in [1.165, 1.54) is 0 Å². The number of aliphatic hydroxyl groups is 6. The van der Waals surface area contributed by atoms with Gasteiger partial charge >= 0.3 is 10.4 Å². The summed E-state index contributed by atoms with van der Waals surface area (Å²) in [6.07, 6.45) is 2.60. The highest BCUT2D eigenvalue weighted by Gasteiger charge is 2.74. The van der Waals surface area contributed by atoms with Gasteiger partial charge in [0.05, 0.1) is 36.1 Å². The Labute approximate surface area is 238 Å². The summed E-state index contributed by atoms with van der Waals surface area (Å²) in [4.78, 5) is 0. The van der Waals surface area contributed by atoms with Crippen molar-refractivity contribution in [3.63, 3.8) is 0 Å². The van der Waals surface area contributed by atoms with Crippen molar-refractivity contribution < 1.29 is 47.8 Å². The summed E-state index contributed by atoms with van der Waals surface area (Å²) in [5.74, 6) is -1.58. The summed E-state index contributed by atoms with van der Waals surface area (Å²) >= 11 is 0. The van der Waals surface area contributed by atoms with E-state index in [0.717, 1.165) is 0 Å². The van der Waals surface area contributed by atoms with Gasteiger partial charge < -0.3 is 30.6 Å². The summed E-state index contributed by atoms with van der Waals surface area (Å²) < 4.78 is 36.6. The van der Waals surface area contributed by atoms with Crippen molar-refractivity contribution in [2.75, 3.05) is 6.61 Å². The highest BCUT2D eigenvalue weighted by molar-refractivity contribution is 7.80. The lowest BCUT2D eigenvalue weighted by atomic mass is 9.40. The molecule has 10 nitrogen and oxygen atoms in total. The number of allylic oxidation sites excluding steroid dienone is 1. The Balaban J connectivity index is 1.62. The molecule has 0 heterocycles. The molecule has 4 aliphatic rings. The first-order valence-corrected chi connectivity index (χ1v) is 16.1. The van der Waals surface area contributed by atoms with Crippen LogP contribution in [0.2, 0.25) is 0 Å². The largest absolute Gasteiger partial charge is 0.397 e. The molecule has 0 saturated heterocycles. The molecule has 11 heteroatoms. The van der Waals surface area contributed by atoms with Crippen LogP contribution in [-0.2, 0) is 14.6 Å². The molecule has 40 heavy (non-hydrogen) atoms. The standard InChI is InChI=1S/C29H50O10S/c1-16(2)19(22(15-30)39-40(36,37)38)7-6-17(3)20-12-21(32)25-26(20,4)10-9-23-27(5)11-8-18(31)13-29(27,35)24(33)14-28(23,25)34/h6-7,16-25,30-35H,8-15H2,1-5H3,(H,36,37,38). The number of fused-ring (bicyclic) bond motifs is 5. The van der Waals surface area contributed by atoms with Gasteiger partial charge in [-0.2, -0.15) is 8.42 Å². The molecule has 4 fully saturated rings. The normalized spacial score (nSPS) is 47.9. The fourth-order valence-corrected chi connectivity index (χ4v) is 10.4. The molecule has 13 atom stereocenters. The van der Waals surface area contributed by atoms with Crippen molar-refractivity contribution in [1.82, 2.24) is 0 Å². The molecular weight excluding hydrogens is 540 g/mol. The minimum absolute atomic E-state index is 0.0319. The molecule has 0 bridgehead atoms. The second-order valence-electron chi connectivity index (χ2n) is 14.2. The number of aliphatic hydroxyl groups excluding tert-OH is 4. The summed E-state index contributed by atoms with van der Waals surface area (Å²) in [6.45, 7) is 9.16. The highest BCUT2D eigenvalue weighted by Crippen LogP contribution is 2.70. The van der Waals surface area contributed by atoms with Gasteiger partial charge in [0.2, 0.25) is 0 Å². The molecule has 232 valence electrons. The number of hydrogen-bond donors (Lipinski definition) is 7. The molecule has 4 rings (SSSR count). The van der Waals surface area contributed by atoms with E-state index in [1.54, 1.807) is 0 Å². The Hall–Kier alpha value is -0.630. The van der Waals surface area contributed by atoms with Crippen LogP contribution in [0.15, 0.2) is 12.2 Å². The van der Waals surface area contributed by atoms with E-state index in [9.17, 15) is 39.1 Å². The molecule has 0 radical (unpaired) electrons. The van der Waals surface area contributed by atoms with Gasteiger partial charge in [0.1, 0.15) is 6.10 Å². The summed E-state index contributed by atoms with van der Waals surface area (Å²) in [6, 6.07) is 0. The van der Waals surface area contributed by atoms with Crippen LogP contribution in [0.4, 0.5) is 0 Å². The summed E-state index contributed by atoms with van der Waals surface area (Å²) in [5.41, 5.74) is -4.17. The lowest BCUT2D eigenvalue weighted by Crippen LogP contribution is -2.75. The van der Waals surface area contributed by atoms with Crippen molar-refractivity contribution in [2.24, 2.45) is 46.3 Å². The first-order valence-electron chi connectivity index (χ1n) is 14.8. The van der Waals surface area contributed by atoms with Crippen LogP contribution >= 0.6 is 0 Å². The molecule has 0 amide bonds. The van der Waals surface area contributed by atoms with Crippen LogP contribution in [0.3, 0.4) is 0 Å². The Morgan fingerprint density at radius 2 is 1.65 bits per heavy atom. The molecule has 4 saturated carbocycles. The smallest absolute Gasteiger partial charge is 0.394 e. The summed E-state index contributed by atoms with van der Waals surface area (Å²) in [7, 11) is -4.75. The molecule has 0 aromatic heterocycles. The van der Waals surface area contributed by atoms with E-state index < -0.39 is 75.3 Å². The van der Waals surface area contributed by atoms with Gasteiger partial charge in [0.15, 0.2) is 0 Å². The summed E-state index contributed by atoms with van der Waals surface area (Å²) in [5, 5.41) is 66.9. The molecule has 4 aliphatic carbocycles. The predicted molar refractivity (Wildman–Crippen MR) is 147 cm³/mol. The highest BCUT2D eigenvalue weighted by atomic mass is 32.3. The zero-order chi connectivity index (χ0) is 30.1. The van der Waals surface area contributed by atoms with Crippen LogP contribution in [0.1, 0.15) is 79.6 Å². The topological polar surface area (TPSA) is 185 Å². The molecule has 0 aromatic carbocycles. The van der Waals surface area contributed by atoms with Crippen LogP contribution in [0.5, 0.6) is 0 Å². The van der Waals surface area contributed by atoms with Gasteiger partial charge in [-0.05, 0) is 61.2 Å². The van der Waals surface area contributed by atoms with Gasteiger partial charge in [0.25, 0.3) is 0 Å². The maximum atomic E-state index is 12.4. The minimum Gasteiger partial charge on any atom is -0.394 e. The maximum absolute atomic E-state index is 12.4. The van der Waals surface area contributed by atoms with Gasteiger partial charge in [-0.15, -0.1) is 0 Å². The molecule has 0 spiro atoms. The Morgan fingerprint density at radius 3 is 2.23 bits per heavy atom. The average Bonchev–Trinajstić information content (AvgIpc) is 3.10. The Bertz CT molecular complexity index is 1070. The van der Waals surface area contributed by atoms with Crippen molar-refractivity contribution in [2.45, 2.75) is 115 Å². The monoisotopic (exact) mass is 590 g/mol. The van der Waals surface area contributed by atoms with E-state index in [1.807, 2.05) is 39.8 Å². The fraction of sp³-hybridized carbons (Fsp3) is 0.931. The predicted octanol–water partition coefficient (Wildman–Crippen LogP) is 1.82. The Morgan fingerprint density at radius 1 is 1.00 bits per heavy atom. The van der Waals surface area contributed by atoms with Crippen molar-refractivity contribution in [1.29, 1.82) is 0 Å². The lowest BCUT2D eigenvalue weighted by Gasteiger charge is -2.68. The van der Waals surface area contributed by atoms with Crippen LogP contribution in [0, 0.1) is 46.3 Å². The van der Waals surface area contributed by atoms with E-state index >= 15 is 0 Å². The fourth-order valence-electron chi connectivity index (χ4n) is 9.89. The molecule has 0 aromatic rings.